The Labute approximate surface area is 235 Å². The van der Waals surface area contributed by atoms with E-state index in [1.54, 1.807) is 17.0 Å². The zero-order valence-corrected chi connectivity index (χ0v) is 23.5. The van der Waals surface area contributed by atoms with Gasteiger partial charge in [-0.05, 0) is 41.7 Å². The summed E-state index contributed by atoms with van der Waals surface area (Å²) in [5, 5.41) is 3.59. The number of amides is 2. The third kappa shape index (κ3) is 6.34. The Hall–Kier alpha value is -3.64. The fourth-order valence-electron chi connectivity index (χ4n) is 5.47. The lowest BCUT2D eigenvalue weighted by molar-refractivity contribution is -0.147. The van der Waals surface area contributed by atoms with E-state index in [9.17, 15) is 14.4 Å². The van der Waals surface area contributed by atoms with Crippen molar-refractivity contribution in [3.8, 4) is 0 Å². The van der Waals surface area contributed by atoms with Crippen molar-refractivity contribution in [2.24, 2.45) is 11.8 Å². The molecule has 0 bridgehead atoms. The van der Waals surface area contributed by atoms with Gasteiger partial charge >= 0.3 is 5.97 Å². The van der Waals surface area contributed by atoms with Crippen LogP contribution in [0.25, 0.3) is 0 Å². The second-order valence-electron chi connectivity index (χ2n) is 10.5. The number of carbonyl (C=O) groups excluding carboxylic acids is 3. The van der Waals surface area contributed by atoms with Crippen molar-refractivity contribution in [3.05, 3.63) is 106 Å². The smallest absolute Gasteiger partial charge is 0.311 e. The number of aryl methyl sites for hydroxylation is 1. The van der Waals surface area contributed by atoms with E-state index in [2.05, 4.69) is 5.32 Å². The SMILES string of the molecule is COC(=O)C1C(c2ccccc2)C(C(=O)NCc2ccc(C)cc2)N(C(=O)CC(C)C)C1c1ccc(Cl)cc1. The number of halogens is 1. The van der Waals surface area contributed by atoms with Gasteiger partial charge in [0.2, 0.25) is 11.8 Å². The first kappa shape index (κ1) is 28.4. The molecule has 1 saturated heterocycles. The summed E-state index contributed by atoms with van der Waals surface area (Å²) < 4.78 is 5.30. The van der Waals surface area contributed by atoms with E-state index >= 15 is 0 Å². The molecule has 1 aliphatic rings. The molecule has 0 radical (unpaired) electrons. The molecule has 7 heteroatoms. The number of nitrogens with zero attached hydrogens (tertiary/aromatic N) is 1. The Balaban J connectivity index is 1.85. The highest BCUT2D eigenvalue weighted by Gasteiger charge is 2.57. The average Bonchev–Trinajstić information content (AvgIpc) is 3.29. The molecule has 0 aliphatic carbocycles. The average molecular weight is 547 g/mol. The lowest BCUT2D eigenvalue weighted by Gasteiger charge is -2.32. The van der Waals surface area contributed by atoms with Gasteiger partial charge in [-0.25, -0.2) is 0 Å². The van der Waals surface area contributed by atoms with Gasteiger partial charge in [-0.1, -0.05) is 97.7 Å². The predicted octanol–water partition coefficient (Wildman–Crippen LogP) is 5.84. The van der Waals surface area contributed by atoms with Crippen LogP contribution < -0.4 is 5.32 Å². The van der Waals surface area contributed by atoms with Gasteiger partial charge in [0.1, 0.15) is 6.04 Å². The Morgan fingerprint density at radius 3 is 2.15 bits per heavy atom. The summed E-state index contributed by atoms with van der Waals surface area (Å²) in [5.41, 5.74) is 3.59. The highest BCUT2D eigenvalue weighted by atomic mass is 35.5. The Kier molecular flexibility index (Phi) is 9.08. The highest BCUT2D eigenvalue weighted by Crippen LogP contribution is 2.51. The minimum absolute atomic E-state index is 0.0620. The summed E-state index contributed by atoms with van der Waals surface area (Å²) in [7, 11) is 1.34. The Morgan fingerprint density at radius 1 is 0.923 bits per heavy atom. The molecule has 3 aromatic carbocycles. The normalized spacial score (nSPS) is 20.6. The zero-order chi connectivity index (χ0) is 28.1. The summed E-state index contributed by atoms with van der Waals surface area (Å²) in [5.74, 6) is -2.33. The topological polar surface area (TPSA) is 75.7 Å². The van der Waals surface area contributed by atoms with Gasteiger partial charge in [0.15, 0.2) is 0 Å². The molecule has 39 heavy (non-hydrogen) atoms. The number of benzene rings is 3. The molecule has 0 saturated carbocycles. The molecular formula is C32H35ClN2O4. The maximum absolute atomic E-state index is 14.1. The van der Waals surface area contributed by atoms with Gasteiger partial charge in [0, 0.05) is 23.9 Å². The molecule has 0 aromatic heterocycles. The van der Waals surface area contributed by atoms with Gasteiger partial charge < -0.3 is 15.0 Å². The largest absolute Gasteiger partial charge is 0.469 e. The van der Waals surface area contributed by atoms with E-state index in [0.29, 0.717) is 11.6 Å². The van der Waals surface area contributed by atoms with Crippen LogP contribution in [-0.2, 0) is 25.7 Å². The predicted molar refractivity (Wildman–Crippen MR) is 152 cm³/mol. The van der Waals surface area contributed by atoms with Gasteiger partial charge in [-0.3, -0.25) is 14.4 Å². The van der Waals surface area contributed by atoms with Crippen molar-refractivity contribution >= 4 is 29.4 Å². The van der Waals surface area contributed by atoms with Crippen molar-refractivity contribution < 1.29 is 19.1 Å². The van der Waals surface area contributed by atoms with Crippen LogP contribution in [-0.4, -0.2) is 35.8 Å². The number of hydrogen-bond acceptors (Lipinski definition) is 4. The van der Waals surface area contributed by atoms with Crippen LogP contribution in [0.3, 0.4) is 0 Å². The minimum atomic E-state index is -0.922. The fraction of sp³-hybridized carbons (Fsp3) is 0.344. The second-order valence-corrected chi connectivity index (χ2v) is 11.0. The molecule has 2 amide bonds. The summed E-state index contributed by atoms with van der Waals surface area (Å²) in [6, 6.07) is 22.8. The molecule has 4 unspecified atom stereocenters. The number of nitrogens with one attached hydrogen (secondary N) is 1. The molecule has 1 aliphatic heterocycles. The van der Waals surface area contributed by atoms with Gasteiger partial charge in [0.25, 0.3) is 0 Å². The Morgan fingerprint density at radius 2 is 1.56 bits per heavy atom. The Bertz CT molecular complexity index is 1290. The van der Waals surface area contributed by atoms with Crippen LogP contribution in [0.15, 0.2) is 78.9 Å². The standard InChI is InChI=1S/C32H35ClN2O4/c1-20(2)18-26(36)35-29(24-14-16-25(33)17-15-24)28(32(38)39-4)27(23-8-6-5-7-9-23)30(35)31(37)34-19-22-12-10-21(3)11-13-22/h5-17,20,27-30H,18-19H2,1-4H3,(H,34,37). The lowest BCUT2D eigenvalue weighted by atomic mass is 9.80. The summed E-state index contributed by atoms with van der Waals surface area (Å²) in [4.78, 5) is 43.1. The first-order valence-corrected chi connectivity index (χ1v) is 13.6. The van der Waals surface area contributed by atoms with Crippen molar-refractivity contribution in [1.82, 2.24) is 10.2 Å². The maximum atomic E-state index is 14.1. The van der Waals surface area contributed by atoms with E-state index in [4.69, 9.17) is 16.3 Å². The van der Waals surface area contributed by atoms with Gasteiger partial charge in [-0.15, -0.1) is 0 Å². The van der Waals surface area contributed by atoms with Crippen molar-refractivity contribution in [1.29, 1.82) is 0 Å². The fourth-order valence-corrected chi connectivity index (χ4v) is 5.60. The van der Waals surface area contributed by atoms with Crippen LogP contribution in [0.1, 0.15) is 54.5 Å². The molecule has 1 fully saturated rings. The quantitative estimate of drug-likeness (QED) is 0.360. The number of likely N-dealkylation sites (tertiary alicyclic amines) is 1. The van der Waals surface area contributed by atoms with E-state index in [0.717, 1.165) is 22.3 Å². The van der Waals surface area contributed by atoms with Gasteiger partial charge in [-0.2, -0.15) is 0 Å². The number of hydrogen-bond donors (Lipinski definition) is 1. The van der Waals surface area contributed by atoms with E-state index in [-0.39, 0.29) is 24.2 Å². The molecule has 4 rings (SSSR count). The molecule has 0 spiro atoms. The summed E-state index contributed by atoms with van der Waals surface area (Å²) in [6.07, 6.45) is 0.237. The van der Waals surface area contributed by atoms with Crippen LogP contribution in [0.5, 0.6) is 0 Å². The number of ether oxygens (including phenoxy) is 1. The third-order valence-electron chi connectivity index (χ3n) is 7.26. The number of rotatable bonds is 8. The first-order chi connectivity index (χ1) is 18.7. The van der Waals surface area contributed by atoms with Crippen LogP contribution in [0, 0.1) is 18.8 Å². The van der Waals surface area contributed by atoms with Crippen LogP contribution >= 0.6 is 11.6 Å². The van der Waals surface area contributed by atoms with Crippen LogP contribution in [0.2, 0.25) is 5.02 Å². The summed E-state index contributed by atoms with van der Waals surface area (Å²) in [6.45, 7) is 6.24. The van der Waals surface area contributed by atoms with Gasteiger partial charge in [0.05, 0.1) is 19.1 Å². The molecule has 1 heterocycles. The zero-order valence-electron chi connectivity index (χ0n) is 22.8. The molecule has 4 atom stereocenters. The van der Waals surface area contributed by atoms with Crippen molar-refractivity contribution in [2.75, 3.05) is 7.11 Å². The highest BCUT2D eigenvalue weighted by molar-refractivity contribution is 6.30. The van der Waals surface area contributed by atoms with E-state index < -0.39 is 29.9 Å². The summed E-state index contributed by atoms with van der Waals surface area (Å²) >= 11 is 6.19. The molecular weight excluding hydrogens is 512 g/mol. The molecule has 1 N–H and O–H groups in total. The van der Waals surface area contributed by atoms with Crippen molar-refractivity contribution in [2.45, 2.75) is 51.7 Å². The minimum Gasteiger partial charge on any atom is -0.469 e. The van der Waals surface area contributed by atoms with E-state index in [1.807, 2.05) is 87.5 Å². The number of esters is 1. The number of methoxy groups -OCH3 is 1. The first-order valence-electron chi connectivity index (χ1n) is 13.2. The lowest BCUT2D eigenvalue weighted by Crippen LogP contribution is -2.48. The van der Waals surface area contributed by atoms with E-state index in [1.165, 1.54) is 7.11 Å². The van der Waals surface area contributed by atoms with Crippen LogP contribution in [0.4, 0.5) is 0 Å². The third-order valence-corrected chi connectivity index (χ3v) is 7.51. The second kappa shape index (κ2) is 12.5. The maximum Gasteiger partial charge on any atom is 0.311 e. The molecule has 204 valence electrons. The number of carbonyl (C=O) groups is 3. The van der Waals surface area contributed by atoms with Crippen molar-refractivity contribution in [3.63, 3.8) is 0 Å². The monoisotopic (exact) mass is 546 g/mol. The molecule has 6 nitrogen and oxygen atoms in total. The molecule has 3 aromatic rings.